The molecule has 0 radical (unpaired) electrons. The molecule has 0 aliphatic carbocycles. The highest BCUT2D eigenvalue weighted by atomic mass is 16.5. The van der Waals surface area contributed by atoms with E-state index in [0.717, 1.165) is 30.0 Å². The lowest BCUT2D eigenvalue weighted by Gasteiger charge is -2.08. The second kappa shape index (κ2) is 6.54. The molecule has 5 nitrogen and oxygen atoms in total. The maximum absolute atomic E-state index is 5.90. The fourth-order valence-corrected chi connectivity index (χ4v) is 2.10. The molecule has 0 spiro atoms. The summed E-state index contributed by atoms with van der Waals surface area (Å²) in [7, 11) is 3.56. The first-order valence-corrected chi connectivity index (χ1v) is 6.64. The summed E-state index contributed by atoms with van der Waals surface area (Å²) in [6, 6.07) is 7.99. The molecule has 2 aromatic rings. The maximum atomic E-state index is 5.90. The Hall–Kier alpha value is -1.85. The average Bonchev–Trinajstić information content (AvgIpc) is 2.72. The number of methoxy groups -OCH3 is 1. The molecule has 0 amide bonds. The SMILES string of the molecule is COCCc1ccc(Oc2c(CN)c(C)nn2C)cc1. The molecule has 5 heteroatoms. The van der Waals surface area contributed by atoms with Crippen LogP contribution in [0.3, 0.4) is 0 Å². The molecule has 2 rings (SSSR count). The van der Waals surface area contributed by atoms with Crippen molar-refractivity contribution in [2.45, 2.75) is 19.9 Å². The predicted octanol–water partition coefficient (Wildman–Crippen LogP) is 2.17. The Balaban J connectivity index is 2.14. The van der Waals surface area contributed by atoms with E-state index in [9.17, 15) is 0 Å². The molecular formula is C15H21N3O2. The normalized spacial score (nSPS) is 10.8. The van der Waals surface area contributed by atoms with Crippen LogP contribution >= 0.6 is 0 Å². The summed E-state index contributed by atoms with van der Waals surface area (Å²) in [5.41, 5.74) is 8.82. The van der Waals surface area contributed by atoms with E-state index in [0.29, 0.717) is 12.4 Å². The molecule has 0 aliphatic heterocycles. The van der Waals surface area contributed by atoms with E-state index in [2.05, 4.69) is 5.10 Å². The Morgan fingerprint density at radius 3 is 2.55 bits per heavy atom. The molecule has 1 heterocycles. The third-order valence-corrected chi connectivity index (χ3v) is 3.23. The summed E-state index contributed by atoms with van der Waals surface area (Å²) in [6.07, 6.45) is 0.898. The zero-order chi connectivity index (χ0) is 14.5. The molecule has 0 unspecified atom stereocenters. The third-order valence-electron chi connectivity index (χ3n) is 3.23. The zero-order valence-corrected chi connectivity index (χ0v) is 12.2. The highest BCUT2D eigenvalue weighted by molar-refractivity contribution is 5.36. The number of hydrogen-bond donors (Lipinski definition) is 1. The van der Waals surface area contributed by atoms with E-state index in [1.54, 1.807) is 11.8 Å². The van der Waals surface area contributed by atoms with Crippen LogP contribution in [0.1, 0.15) is 16.8 Å². The second-order valence-electron chi connectivity index (χ2n) is 4.69. The number of nitrogens with two attached hydrogens (primary N) is 1. The van der Waals surface area contributed by atoms with Gasteiger partial charge in [-0.1, -0.05) is 12.1 Å². The number of ether oxygens (including phenoxy) is 2. The van der Waals surface area contributed by atoms with Crippen LogP contribution in [0.2, 0.25) is 0 Å². The highest BCUT2D eigenvalue weighted by Crippen LogP contribution is 2.27. The van der Waals surface area contributed by atoms with Crippen molar-refractivity contribution < 1.29 is 9.47 Å². The van der Waals surface area contributed by atoms with Gasteiger partial charge in [0.2, 0.25) is 5.88 Å². The van der Waals surface area contributed by atoms with Crippen LogP contribution in [0.5, 0.6) is 11.6 Å². The van der Waals surface area contributed by atoms with Crippen LogP contribution < -0.4 is 10.5 Å². The number of hydrogen-bond acceptors (Lipinski definition) is 4. The Morgan fingerprint density at radius 1 is 1.25 bits per heavy atom. The van der Waals surface area contributed by atoms with Gasteiger partial charge >= 0.3 is 0 Å². The van der Waals surface area contributed by atoms with Gasteiger partial charge in [-0.2, -0.15) is 5.10 Å². The second-order valence-corrected chi connectivity index (χ2v) is 4.69. The van der Waals surface area contributed by atoms with Gasteiger partial charge in [0.1, 0.15) is 5.75 Å². The van der Waals surface area contributed by atoms with Crippen molar-refractivity contribution >= 4 is 0 Å². The van der Waals surface area contributed by atoms with Crippen molar-refractivity contribution in [3.63, 3.8) is 0 Å². The summed E-state index contributed by atoms with van der Waals surface area (Å²) in [5, 5.41) is 4.33. The summed E-state index contributed by atoms with van der Waals surface area (Å²) in [6.45, 7) is 3.07. The van der Waals surface area contributed by atoms with Crippen LogP contribution in [0.25, 0.3) is 0 Å². The summed E-state index contributed by atoms with van der Waals surface area (Å²) < 4.78 is 12.7. The molecule has 108 valence electrons. The topological polar surface area (TPSA) is 62.3 Å². The van der Waals surface area contributed by atoms with Crippen molar-refractivity contribution in [3.05, 3.63) is 41.1 Å². The minimum absolute atomic E-state index is 0.418. The molecule has 1 aromatic heterocycles. The van der Waals surface area contributed by atoms with Crippen molar-refractivity contribution in [2.24, 2.45) is 12.8 Å². The van der Waals surface area contributed by atoms with Crippen molar-refractivity contribution in [3.8, 4) is 11.6 Å². The van der Waals surface area contributed by atoms with Gasteiger partial charge in [-0.05, 0) is 31.0 Å². The fraction of sp³-hybridized carbons (Fsp3) is 0.400. The van der Waals surface area contributed by atoms with Crippen LogP contribution in [-0.4, -0.2) is 23.5 Å². The lowest BCUT2D eigenvalue weighted by Crippen LogP contribution is -2.01. The zero-order valence-electron chi connectivity index (χ0n) is 12.2. The molecule has 2 N–H and O–H groups in total. The Labute approximate surface area is 119 Å². The van der Waals surface area contributed by atoms with Crippen molar-refractivity contribution in [1.82, 2.24) is 9.78 Å². The summed E-state index contributed by atoms with van der Waals surface area (Å²) >= 11 is 0. The minimum Gasteiger partial charge on any atom is -0.439 e. The van der Waals surface area contributed by atoms with Gasteiger partial charge in [-0.3, -0.25) is 0 Å². The summed E-state index contributed by atoms with van der Waals surface area (Å²) in [4.78, 5) is 0. The molecule has 0 atom stereocenters. The Bertz CT molecular complexity index is 561. The fourth-order valence-electron chi connectivity index (χ4n) is 2.10. The van der Waals surface area contributed by atoms with Crippen molar-refractivity contribution in [2.75, 3.05) is 13.7 Å². The van der Waals surface area contributed by atoms with Gasteiger partial charge in [0, 0.05) is 20.7 Å². The lowest BCUT2D eigenvalue weighted by molar-refractivity contribution is 0.202. The van der Waals surface area contributed by atoms with Gasteiger partial charge in [0.05, 0.1) is 17.9 Å². The molecule has 0 saturated heterocycles. The maximum Gasteiger partial charge on any atom is 0.222 e. The number of aromatic nitrogens is 2. The van der Waals surface area contributed by atoms with E-state index in [-0.39, 0.29) is 0 Å². The van der Waals surface area contributed by atoms with Crippen LogP contribution in [0, 0.1) is 6.92 Å². The average molecular weight is 275 g/mol. The van der Waals surface area contributed by atoms with E-state index in [4.69, 9.17) is 15.2 Å². The van der Waals surface area contributed by atoms with E-state index >= 15 is 0 Å². The molecule has 0 fully saturated rings. The number of rotatable bonds is 6. The van der Waals surface area contributed by atoms with Crippen LogP contribution in [-0.2, 0) is 24.8 Å². The monoisotopic (exact) mass is 275 g/mol. The Morgan fingerprint density at radius 2 is 1.95 bits per heavy atom. The van der Waals surface area contributed by atoms with Gasteiger partial charge < -0.3 is 15.2 Å². The van der Waals surface area contributed by atoms with E-state index in [1.807, 2.05) is 38.2 Å². The van der Waals surface area contributed by atoms with Gasteiger partial charge in [0.25, 0.3) is 0 Å². The van der Waals surface area contributed by atoms with Crippen LogP contribution in [0.15, 0.2) is 24.3 Å². The quantitative estimate of drug-likeness (QED) is 0.877. The third kappa shape index (κ3) is 3.18. The molecule has 0 bridgehead atoms. The molecule has 1 aromatic carbocycles. The minimum atomic E-state index is 0.418. The Kier molecular flexibility index (Phi) is 4.76. The summed E-state index contributed by atoms with van der Waals surface area (Å²) in [5.74, 6) is 1.48. The van der Waals surface area contributed by atoms with Gasteiger partial charge in [0.15, 0.2) is 0 Å². The first kappa shape index (κ1) is 14.6. The van der Waals surface area contributed by atoms with Crippen LogP contribution in [0.4, 0.5) is 0 Å². The molecule has 20 heavy (non-hydrogen) atoms. The molecule has 0 aliphatic rings. The van der Waals surface area contributed by atoms with E-state index in [1.165, 1.54) is 5.56 Å². The number of aryl methyl sites for hydroxylation is 2. The van der Waals surface area contributed by atoms with Gasteiger partial charge in [-0.15, -0.1) is 0 Å². The smallest absolute Gasteiger partial charge is 0.222 e. The first-order valence-electron chi connectivity index (χ1n) is 6.64. The largest absolute Gasteiger partial charge is 0.439 e. The van der Waals surface area contributed by atoms with Gasteiger partial charge in [-0.25, -0.2) is 4.68 Å². The van der Waals surface area contributed by atoms with E-state index < -0.39 is 0 Å². The lowest BCUT2D eigenvalue weighted by atomic mass is 10.1. The molecule has 0 saturated carbocycles. The highest BCUT2D eigenvalue weighted by Gasteiger charge is 2.13. The molecular weight excluding hydrogens is 254 g/mol. The predicted molar refractivity (Wildman–Crippen MR) is 77.9 cm³/mol. The first-order chi connectivity index (χ1) is 9.65. The van der Waals surface area contributed by atoms with Crippen molar-refractivity contribution in [1.29, 1.82) is 0 Å². The standard InChI is InChI=1S/C15H21N3O2/c1-11-14(10-16)15(18(2)17-11)20-13-6-4-12(5-7-13)8-9-19-3/h4-7H,8-10,16H2,1-3H3. The number of nitrogens with zero attached hydrogens (tertiary/aromatic N) is 2. The number of benzene rings is 1.